The predicted octanol–water partition coefficient (Wildman–Crippen LogP) is 3.18. The Kier molecular flexibility index (Phi) is 4.65. The van der Waals surface area contributed by atoms with Gasteiger partial charge in [0.25, 0.3) is 5.89 Å². The van der Waals surface area contributed by atoms with E-state index in [4.69, 9.17) is 9.26 Å². The first kappa shape index (κ1) is 16.9. The van der Waals surface area contributed by atoms with Crippen LogP contribution in [0.1, 0.15) is 59.3 Å². The second-order valence-electron chi connectivity index (χ2n) is 6.11. The number of aryl methyl sites for hydroxylation is 2. The fourth-order valence-corrected chi connectivity index (χ4v) is 2.60. The molecule has 25 heavy (non-hydrogen) atoms. The first-order chi connectivity index (χ1) is 12.0. The molecule has 1 atom stereocenters. The number of esters is 1. The summed E-state index contributed by atoms with van der Waals surface area (Å²) in [5.74, 6) is 0.429. The number of carbonyl (C=O) groups is 1. The number of benzene rings is 1. The summed E-state index contributed by atoms with van der Waals surface area (Å²) in [4.78, 5) is 16.8. The molecular weight excluding hydrogens is 320 g/mol. The van der Waals surface area contributed by atoms with Gasteiger partial charge in [0.2, 0.25) is 6.10 Å². The van der Waals surface area contributed by atoms with Gasteiger partial charge in [-0.25, -0.2) is 4.79 Å². The van der Waals surface area contributed by atoms with Crippen LogP contribution < -0.4 is 0 Å². The molecule has 3 aromatic rings. The van der Waals surface area contributed by atoms with Gasteiger partial charge < -0.3 is 9.26 Å². The summed E-state index contributed by atoms with van der Waals surface area (Å²) >= 11 is 0. The van der Waals surface area contributed by atoms with Gasteiger partial charge in [-0.15, -0.1) is 0 Å². The van der Waals surface area contributed by atoms with Gasteiger partial charge in [0.1, 0.15) is 0 Å². The van der Waals surface area contributed by atoms with E-state index in [-0.39, 0.29) is 17.5 Å². The van der Waals surface area contributed by atoms with Crippen LogP contribution in [0.3, 0.4) is 0 Å². The summed E-state index contributed by atoms with van der Waals surface area (Å²) in [6.07, 6.45) is -0.778. The Morgan fingerprint density at radius 1 is 1.24 bits per heavy atom. The molecule has 0 unspecified atom stereocenters. The minimum atomic E-state index is -0.778. The van der Waals surface area contributed by atoms with Crippen molar-refractivity contribution in [2.24, 2.45) is 7.05 Å². The van der Waals surface area contributed by atoms with Crippen molar-refractivity contribution in [3.05, 3.63) is 65.1 Å². The third-order valence-corrected chi connectivity index (χ3v) is 3.81. The number of carbonyl (C=O) groups excluding carboxylic acids is 1. The van der Waals surface area contributed by atoms with Crippen LogP contribution in [-0.4, -0.2) is 25.9 Å². The van der Waals surface area contributed by atoms with Crippen molar-refractivity contribution in [3.63, 3.8) is 0 Å². The molecule has 0 spiro atoms. The number of ether oxygens (including phenoxy) is 1. The van der Waals surface area contributed by atoms with Crippen LogP contribution in [-0.2, 0) is 11.8 Å². The number of rotatable bonds is 5. The molecule has 0 radical (unpaired) electrons. The molecule has 0 amide bonds. The predicted molar refractivity (Wildman–Crippen MR) is 90.0 cm³/mol. The Hall–Kier alpha value is -2.96. The minimum Gasteiger partial charge on any atom is -0.442 e. The van der Waals surface area contributed by atoms with E-state index in [0.717, 1.165) is 11.3 Å². The molecule has 0 aliphatic heterocycles. The smallest absolute Gasteiger partial charge is 0.359 e. The lowest BCUT2D eigenvalue weighted by atomic mass is 10.1. The van der Waals surface area contributed by atoms with Gasteiger partial charge in [-0.2, -0.15) is 10.1 Å². The number of hydrogen-bond acceptors (Lipinski definition) is 6. The average molecular weight is 340 g/mol. The lowest BCUT2D eigenvalue weighted by molar-refractivity contribution is 0.0307. The van der Waals surface area contributed by atoms with E-state index in [9.17, 15) is 4.79 Å². The van der Waals surface area contributed by atoms with Gasteiger partial charge >= 0.3 is 5.97 Å². The number of aromatic nitrogens is 4. The molecular formula is C18H20N4O3. The Bertz CT molecular complexity index is 868. The molecule has 2 heterocycles. The fraction of sp³-hybridized carbons (Fsp3) is 0.333. The van der Waals surface area contributed by atoms with E-state index in [1.807, 2.05) is 51.2 Å². The normalized spacial score (nSPS) is 12.4. The topological polar surface area (TPSA) is 83.0 Å². The van der Waals surface area contributed by atoms with Crippen LogP contribution in [0.4, 0.5) is 0 Å². The van der Waals surface area contributed by atoms with Crippen LogP contribution in [0, 0.1) is 6.92 Å². The van der Waals surface area contributed by atoms with Gasteiger partial charge in [0, 0.05) is 18.3 Å². The van der Waals surface area contributed by atoms with Gasteiger partial charge in [0.15, 0.2) is 11.5 Å². The highest BCUT2D eigenvalue weighted by Gasteiger charge is 2.27. The highest BCUT2D eigenvalue weighted by atomic mass is 16.6. The van der Waals surface area contributed by atoms with E-state index in [1.54, 1.807) is 17.7 Å². The van der Waals surface area contributed by atoms with E-state index in [0.29, 0.717) is 5.82 Å². The maximum Gasteiger partial charge on any atom is 0.359 e. The molecule has 0 saturated carbocycles. The van der Waals surface area contributed by atoms with Crippen molar-refractivity contribution in [2.45, 2.75) is 32.8 Å². The maximum atomic E-state index is 12.6. The molecule has 0 fully saturated rings. The van der Waals surface area contributed by atoms with Crippen LogP contribution in [0.15, 0.2) is 40.9 Å². The Balaban J connectivity index is 1.90. The highest BCUT2D eigenvalue weighted by Crippen LogP contribution is 2.26. The SMILES string of the molecule is Cc1noc([C@@H](OC(=O)c2cc(C(C)C)n(C)n2)c2ccccc2)n1. The zero-order chi connectivity index (χ0) is 18.0. The molecule has 1 aromatic carbocycles. The Morgan fingerprint density at radius 2 is 1.96 bits per heavy atom. The maximum absolute atomic E-state index is 12.6. The summed E-state index contributed by atoms with van der Waals surface area (Å²) in [7, 11) is 1.81. The molecule has 0 aliphatic rings. The summed E-state index contributed by atoms with van der Waals surface area (Å²) < 4.78 is 12.6. The molecule has 0 aliphatic carbocycles. The van der Waals surface area contributed by atoms with Crippen LogP contribution >= 0.6 is 0 Å². The van der Waals surface area contributed by atoms with Crippen molar-refractivity contribution < 1.29 is 14.1 Å². The Labute approximate surface area is 145 Å². The zero-order valence-electron chi connectivity index (χ0n) is 14.6. The second-order valence-corrected chi connectivity index (χ2v) is 6.11. The van der Waals surface area contributed by atoms with Gasteiger partial charge in [-0.3, -0.25) is 4.68 Å². The molecule has 0 saturated heterocycles. The van der Waals surface area contributed by atoms with Crippen LogP contribution in [0.25, 0.3) is 0 Å². The first-order valence-electron chi connectivity index (χ1n) is 8.05. The molecule has 0 bridgehead atoms. The first-order valence-corrected chi connectivity index (χ1v) is 8.05. The summed E-state index contributed by atoms with van der Waals surface area (Å²) in [6.45, 7) is 5.80. The average Bonchev–Trinajstić information content (AvgIpc) is 3.19. The van der Waals surface area contributed by atoms with E-state index in [2.05, 4.69) is 15.2 Å². The third-order valence-electron chi connectivity index (χ3n) is 3.81. The number of nitrogens with zero attached hydrogens (tertiary/aromatic N) is 4. The van der Waals surface area contributed by atoms with Gasteiger partial charge in [-0.05, 0) is 18.9 Å². The quantitative estimate of drug-likeness (QED) is 0.663. The fourth-order valence-electron chi connectivity index (χ4n) is 2.60. The van der Waals surface area contributed by atoms with Crippen molar-refractivity contribution in [1.29, 1.82) is 0 Å². The molecule has 130 valence electrons. The second kappa shape index (κ2) is 6.88. The molecule has 7 heteroatoms. The standard InChI is InChI=1S/C18H20N4O3/c1-11(2)15-10-14(20-22(15)4)18(23)24-16(13-8-6-5-7-9-13)17-19-12(3)21-25-17/h5-11,16H,1-4H3/t16-/m0/s1. The van der Waals surface area contributed by atoms with Crippen molar-refractivity contribution in [2.75, 3.05) is 0 Å². The van der Waals surface area contributed by atoms with Crippen molar-refractivity contribution >= 4 is 5.97 Å². The Morgan fingerprint density at radius 3 is 2.52 bits per heavy atom. The molecule has 7 nitrogen and oxygen atoms in total. The largest absolute Gasteiger partial charge is 0.442 e. The molecule has 2 aromatic heterocycles. The third kappa shape index (κ3) is 3.60. The van der Waals surface area contributed by atoms with Gasteiger partial charge in [-0.1, -0.05) is 49.3 Å². The summed E-state index contributed by atoms with van der Waals surface area (Å²) in [6, 6.07) is 11.0. The van der Waals surface area contributed by atoms with E-state index >= 15 is 0 Å². The van der Waals surface area contributed by atoms with E-state index in [1.165, 1.54) is 0 Å². The number of hydrogen-bond donors (Lipinski definition) is 0. The highest BCUT2D eigenvalue weighted by molar-refractivity contribution is 5.87. The van der Waals surface area contributed by atoms with Gasteiger partial charge in [0.05, 0.1) is 0 Å². The molecule has 0 N–H and O–H groups in total. The van der Waals surface area contributed by atoms with Crippen molar-refractivity contribution in [3.8, 4) is 0 Å². The zero-order valence-corrected chi connectivity index (χ0v) is 14.6. The lowest BCUT2D eigenvalue weighted by Crippen LogP contribution is -2.14. The van der Waals surface area contributed by atoms with Crippen molar-refractivity contribution in [1.82, 2.24) is 19.9 Å². The minimum absolute atomic E-state index is 0.233. The monoisotopic (exact) mass is 340 g/mol. The summed E-state index contributed by atoms with van der Waals surface area (Å²) in [5.41, 5.74) is 1.96. The van der Waals surface area contributed by atoms with E-state index < -0.39 is 12.1 Å². The lowest BCUT2D eigenvalue weighted by Gasteiger charge is -2.13. The van der Waals surface area contributed by atoms with Crippen LogP contribution in [0.2, 0.25) is 0 Å². The summed E-state index contributed by atoms with van der Waals surface area (Å²) in [5, 5.41) is 8.04. The molecule has 3 rings (SSSR count). The van der Waals surface area contributed by atoms with Crippen LogP contribution in [0.5, 0.6) is 0 Å².